The first kappa shape index (κ1) is 19.4. The van der Waals surface area contributed by atoms with Crippen LogP contribution in [0.2, 0.25) is 0 Å². The Kier molecular flexibility index (Phi) is 4.98. The summed E-state index contributed by atoms with van der Waals surface area (Å²) in [6.07, 6.45) is 14.0. The highest BCUT2D eigenvalue weighted by molar-refractivity contribution is 5.94. The van der Waals surface area contributed by atoms with Crippen molar-refractivity contribution in [2.75, 3.05) is 19.8 Å². The lowest BCUT2D eigenvalue weighted by Crippen LogP contribution is -2.61. The van der Waals surface area contributed by atoms with Crippen molar-refractivity contribution in [3.63, 3.8) is 0 Å². The van der Waals surface area contributed by atoms with E-state index in [1.54, 1.807) is 6.08 Å². The predicted octanol–water partition coefficient (Wildman–Crippen LogP) is 2.80. The van der Waals surface area contributed by atoms with E-state index in [-0.39, 0.29) is 28.3 Å². The fraction of sp³-hybridized carbons (Fsp3) is 0.762. The number of ether oxygens (including phenoxy) is 2. The average molecular weight is 361 g/mol. The number of carbonyl (C=O) groups excluding carboxylic acids is 1. The third kappa shape index (κ3) is 2.54. The maximum absolute atomic E-state index is 12.2. The predicted molar refractivity (Wildman–Crippen MR) is 99.1 cm³/mol. The molecule has 2 unspecified atom stereocenters. The smallest absolute Gasteiger partial charge is 0.197 e. The molecule has 0 aromatic rings. The molecule has 1 aliphatic heterocycles. The molecule has 144 valence electrons. The Bertz CT molecular complexity index is 621. The molecule has 3 aliphatic carbocycles. The van der Waals surface area contributed by atoms with Gasteiger partial charge in [-0.3, -0.25) is 4.79 Å². The van der Waals surface area contributed by atoms with Crippen LogP contribution in [0.3, 0.4) is 0 Å². The number of carbonyl (C=O) groups is 1. The van der Waals surface area contributed by atoms with Gasteiger partial charge in [0.1, 0.15) is 0 Å². The summed E-state index contributed by atoms with van der Waals surface area (Å²) in [5, 5.41) is 10.0. The molecule has 3 N–H and O–H groups in total. The van der Waals surface area contributed by atoms with Gasteiger partial charge in [0.2, 0.25) is 0 Å². The summed E-state index contributed by atoms with van der Waals surface area (Å²) < 4.78 is 12.1. The number of nitrogens with two attached hydrogens (primary N) is 1. The summed E-state index contributed by atoms with van der Waals surface area (Å²) in [6, 6.07) is 0. The van der Waals surface area contributed by atoms with Gasteiger partial charge < -0.3 is 20.3 Å². The van der Waals surface area contributed by atoms with Crippen molar-refractivity contribution < 1.29 is 19.4 Å². The zero-order valence-electron chi connectivity index (χ0n) is 15.9. The Hall–Kier alpha value is -1.35. The number of rotatable bonds is 1. The fourth-order valence-corrected chi connectivity index (χ4v) is 6.43. The molecule has 0 aromatic heterocycles. The summed E-state index contributed by atoms with van der Waals surface area (Å²) in [5.74, 6) is 0.315. The minimum Gasteiger partial charge on any atom is -0.505 e. The Morgan fingerprint density at radius 2 is 1.92 bits per heavy atom. The molecule has 0 bridgehead atoms. The topological polar surface area (TPSA) is 81.8 Å². The molecule has 1 spiro atoms. The van der Waals surface area contributed by atoms with E-state index in [4.69, 9.17) is 15.2 Å². The van der Waals surface area contributed by atoms with Gasteiger partial charge in [-0.05, 0) is 42.6 Å². The van der Waals surface area contributed by atoms with Crippen LogP contribution < -0.4 is 5.73 Å². The van der Waals surface area contributed by atoms with Crippen molar-refractivity contribution >= 4 is 5.78 Å². The molecule has 4 aliphatic rings. The minimum atomic E-state index is -0.427. The summed E-state index contributed by atoms with van der Waals surface area (Å²) in [6.45, 7) is 6.43. The van der Waals surface area contributed by atoms with Crippen molar-refractivity contribution in [3.8, 4) is 12.8 Å². The zero-order chi connectivity index (χ0) is 19.2. The number of hydrogen-bond acceptors (Lipinski definition) is 5. The van der Waals surface area contributed by atoms with Gasteiger partial charge in [-0.25, -0.2) is 0 Å². The number of aliphatic hydroxyl groups excluding tert-OH is 1. The van der Waals surface area contributed by atoms with Gasteiger partial charge in [0.05, 0.1) is 13.2 Å². The van der Waals surface area contributed by atoms with Gasteiger partial charge in [-0.2, -0.15) is 0 Å². The second kappa shape index (κ2) is 6.67. The molecule has 26 heavy (non-hydrogen) atoms. The van der Waals surface area contributed by atoms with Gasteiger partial charge in [-0.1, -0.05) is 13.8 Å². The lowest BCUT2D eigenvalue weighted by molar-refractivity contribution is -0.260. The molecule has 0 aromatic carbocycles. The molecule has 5 nitrogen and oxygen atoms in total. The standard InChI is InChI=1S/C19H29NO4.C2H2/c1-12-13-3-4-18(11-20)10-15(22)14(21)9-16(18)17(13,2)5-6-19(12)23-7-8-24-19;1-2/h10,12-13,16,22H,3-9,11,20H2,1-2H3;1-2H/t12-,13?,16?,17-,18-;/m0./s1. The summed E-state index contributed by atoms with van der Waals surface area (Å²) in [5.41, 5.74) is 5.96. The number of allylic oxidation sites excluding steroid dienone is 1. The van der Waals surface area contributed by atoms with Crippen LogP contribution in [0.1, 0.15) is 46.0 Å². The average Bonchev–Trinajstić information content (AvgIpc) is 3.12. The Morgan fingerprint density at radius 3 is 2.54 bits per heavy atom. The van der Waals surface area contributed by atoms with E-state index in [9.17, 15) is 9.90 Å². The molecule has 3 fully saturated rings. The van der Waals surface area contributed by atoms with E-state index < -0.39 is 5.79 Å². The van der Waals surface area contributed by atoms with Crippen LogP contribution in [0.5, 0.6) is 0 Å². The number of terminal acetylenes is 1. The van der Waals surface area contributed by atoms with Crippen LogP contribution in [0.25, 0.3) is 0 Å². The van der Waals surface area contributed by atoms with Crippen molar-refractivity contribution in [1.82, 2.24) is 0 Å². The van der Waals surface area contributed by atoms with Crippen molar-refractivity contribution in [2.45, 2.75) is 51.7 Å². The zero-order valence-corrected chi connectivity index (χ0v) is 15.9. The van der Waals surface area contributed by atoms with Crippen LogP contribution in [0, 0.1) is 41.4 Å². The Morgan fingerprint density at radius 1 is 1.27 bits per heavy atom. The number of hydrogen-bond donors (Lipinski definition) is 2. The van der Waals surface area contributed by atoms with E-state index in [2.05, 4.69) is 26.7 Å². The molecule has 1 heterocycles. The highest BCUT2D eigenvalue weighted by Crippen LogP contribution is 2.65. The lowest BCUT2D eigenvalue weighted by atomic mass is 9.43. The van der Waals surface area contributed by atoms with E-state index in [1.807, 2.05) is 0 Å². The third-order valence-electron chi connectivity index (χ3n) is 7.82. The Labute approximate surface area is 156 Å². The highest BCUT2D eigenvalue weighted by Gasteiger charge is 2.63. The van der Waals surface area contributed by atoms with E-state index in [1.165, 1.54) is 0 Å². The van der Waals surface area contributed by atoms with Crippen molar-refractivity contribution in [1.29, 1.82) is 0 Å². The van der Waals surface area contributed by atoms with Crippen LogP contribution in [-0.4, -0.2) is 36.4 Å². The van der Waals surface area contributed by atoms with Gasteiger partial charge in [-0.15, -0.1) is 12.8 Å². The molecule has 5 heteroatoms. The van der Waals surface area contributed by atoms with Gasteiger partial charge >= 0.3 is 0 Å². The molecular formula is C21H31NO4. The second-order valence-electron chi connectivity index (χ2n) is 8.60. The summed E-state index contributed by atoms with van der Waals surface area (Å²) >= 11 is 0. The van der Waals surface area contributed by atoms with E-state index >= 15 is 0 Å². The molecule has 1 saturated heterocycles. The first-order valence-corrected chi connectivity index (χ1v) is 9.63. The van der Waals surface area contributed by atoms with Gasteiger partial charge in [0, 0.05) is 30.7 Å². The van der Waals surface area contributed by atoms with Crippen LogP contribution in [0.4, 0.5) is 0 Å². The molecule has 2 saturated carbocycles. The Balaban J connectivity index is 0.000000948. The summed E-state index contributed by atoms with van der Waals surface area (Å²) in [4.78, 5) is 12.2. The number of aliphatic hydroxyl groups is 1. The quantitative estimate of drug-likeness (QED) is 0.702. The van der Waals surface area contributed by atoms with Crippen molar-refractivity contribution in [3.05, 3.63) is 11.8 Å². The third-order valence-corrected chi connectivity index (χ3v) is 7.82. The molecule has 4 rings (SSSR count). The fourth-order valence-electron chi connectivity index (χ4n) is 6.43. The lowest BCUT2D eigenvalue weighted by Gasteiger charge is -2.63. The molecule has 0 radical (unpaired) electrons. The molecule has 5 atom stereocenters. The van der Waals surface area contributed by atoms with Gasteiger partial charge in [0.15, 0.2) is 17.3 Å². The largest absolute Gasteiger partial charge is 0.505 e. The van der Waals surface area contributed by atoms with Crippen LogP contribution in [0.15, 0.2) is 11.8 Å². The number of ketones is 1. The van der Waals surface area contributed by atoms with Crippen LogP contribution in [-0.2, 0) is 14.3 Å². The first-order chi connectivity index (χ1) is 12.4. The van der Waals surface area contributed by atoms with Crippen LogP contribution >= 0.6 is 0 Å². The number of fused-ring (bicyclic) bond motifs is 3. The van der Waals surface area contributed by atoms with E-state index in [0.717, 1.165) is 25.7 Å². The summed E-state index contributed by atoms with van der Waals surface area (Å²) in [7, 11) is 0. The first-order valence-electron chi connectivity index (χ1n) is 9.63. The second-order valence-corrected chi connectivity index (χ2v) is 8.60. The van der Waals surface area contributed by atoms with Gasteiger partial charge in [0.25, 0.3) is 0 Å². The normalized spacial score (nSPS) is 43.7. The van der Waals surface area contributed by atoms with Crippen molar-refractivity contribution in [2.24, 2.45) is 34.3 Å². The molecular weight excluding hydrogens is 330 g/mol. The SMILES string of the molecule is C#C.C[C@H]1C2CC[C@@]3(CN)C=C(O)C(=O)CC3[C@@]2(C)CCC12OCCO2. The number of Topliss-reactive ketones (excluding diaryl/α,β-unsaturated/α-hetero) is 1. The maximum Gasteiger partial charge on any atom is 0.197 e. The maximum atomic E-state index is 12.2. The van der Waals surface area contributed by atoms with E-state index in [0.29, 0.717) is 38.0 Å². The molecule has 0 amide bonds. The highest BCUT2D eigenvalue weighted by atomic mass is 16.7. The minimum absolute atomic E-state index is 0.0322. The monoisotopic (exact) mass is 361 g/mol.